The molecule has 7 nitrogen and oxygen atoms in total. The van der Waals surface area contributed by atoms with E-state index in [-0.39, 0.29) is 18.0 Å². The summed E-state index contributed by atoms with van der Waals surface area (Å²) in [6.07, 6.45) is 3.08. The maximum absolute atomic E-state index is 13.2. The molecule has 0 saturated heterocycles. The summed E-state index contributed by atoms with van der Waals surface area (Å²) in [7, 11) is 0. The van der Waals surface area contributed by atoms with Crippen molar-refractivity contribution in [2.24, 2.45) is 0 Å². The molecule has 156 valence electrons. The lowest BCUT2D eigenvalue weighted by Gasteiger charge is -2.30. The quantitative estimate of drug-likeness (QED) is 0.505. The first-order valence-electron chi connectivity index (χ1n) is 10.4. The molecule has 1 unspecified atom stereocenters. The summed E-state index contributed by atoms with van der Waals surface area (Å²) in [5, 5.41) is 8.86. The van der Waals surface area contributed by atoms with Crippen LogP contribution in [-0.2, 0) is 11.3 Å². The number of aromatic amines is 1. The van der Waals surface area contributed by atoms with E-state index in [1.807, 2.05) is 61.5 Å². The molecule has 1 heterocycles. The van der Waals surface area contributed by atoms with Crippen molar-refractivity contribution >= 4 is 23.0 Å². The van der Waals surface area contributed by atoms with E-state index in [4.69, 9.17) is 0 Å². The van der Waals surface area contributed by atoms with Crippen LogP contribution in [0.1, 0.15) is 50.0 Å². The van der Waals surface area contributed by atoms with E-state index in [0.29, 0.717) is 25.2 Å². The Labute approximate surface area is 175 Å². The van der Waals surface area contributed by atoms with Crippen molar-refractivity contribution in [3.8, 4) is 0 Å². The van der Waals surface area contributed by atoms with Crippen LogP contribution in [0, 0.1) is 0 Å². The second kappa shape index (κ2) is 8.57. The minimum atomic E-state index is -0.888. The van der Waals surface area contributed by atoms with Crippen molar-refractivity contribution in [1.29, 1.82) is 0 Å². The fourth-order valence-electron chi connectivity index (χ4n) is 4.01. The van der Waals surface area contributed by atoms with Crippen LogP contribution < -0.4 is 16.0 Å². The maximum Gasteiger partial charge on any atom is 0.315 e. The van der Waals surface area contributed by atoms with Crippen LogP contribution in [0.4, 0.5) is 4.79 Å². The number of benzene rings is 2. The summed E-state index contributed by atoms with van der Waals surface area (Å²) in [5.41, 5.74) is 1.92. The minimum absolute atomic E-state index is 0.164. The first-order valence-corrected chi connectivity index (χ1v) is 10.4. The number of nitrogens with one attached hydrogen (secondary N) is 4. The van der Waals surface area contributed by atoms with Crippen LogP contribution in [0.3, 0.4) is 0 Å². The summed E-state index contributed by atoms with van der Waals surface area (Å²) in [5.74, 6) is 0.536. The van der Waals surface area contributed by atoms with E-state index < -0.39 is 5.54 Å². The lowest BCUT2D eigenvalue weighted by molar-refractivity contribution is -0.127. The number of imidazole rings is 1. The number of hydrogen-bond acceptors (Lipinski definition) is 3. The number of carbonyl (C=O) groups excluding carboxylic acids is 2. The van der Waals surface area contributed by atoms with Crippen LogP contribution in [-0.4, -0.2) is 27.4 Å². The van der Waals surface area contributed by atoms with Gasteiger partial charge in [0.2, 0.25) is 5.91 Å². The number of para-hydroxylation sites is 2. The average Bonchev–Trinajstić information content (AvgIpc) is 3.41. The molecular weight excluding hydrogens is 378 g/mol. The van der Waals surface area contributed by atoms with Crippen molar-refractivity contribution < 1.29 is 9.59 Å². The number of urea groups is 1. The van der Waals surface area contributed by atoms with Gasteiger partial charge in [-0.25, -0.2) is 9.78 Å². The molecule has 3 amide bonds. The zero-order chi connectivity index (χ0) is 21.0. The van der Waals surface area contributed by atoms with Gasteiger partial charge < -0.3 is 20.9 Å². The molecule has 1 aliphatic rings. The van der Waals surface area contributed by atoms with Gasteiger partial charge in [0.05, 0.1) is 17.1 Å². The van der Waals surface area contributed by atoms with Gasteiger partial charge >= 0.3 is 6.03 Å². The predicted octanol–water partition coefficient (Wildman–Crippen LogP) is 3.55. The maximum atomic E-state index is 13.2. The van der Waals surface area contributed by atoms with Crippen LogP contribution in [0.15, 0.2) is 54.6 Å². The predicted molar refractivity (Wildman–Crippen MR) is 116 cm³/mol. The second-order valence-corrected chi connectivity index (χ2v) is 7.92. The molecule has 1 aliphatic carbocycles. The molecule has 0 spiro atoms. The van der Waals surface area contributed by atoms with Crippen LogP contribution in [0.5, 0.6) is 0 Å². The van der Waals surface area contributed by atoms with Crippen molar-refractivity contribution in [2.45, 2.75) is 50.7 Å². The number of H-pyrrole nitrogens is 1. The van der Waals surface area contributed by atoms with Gasteiger partial charge in [0.25, 0.3) is 0 Å². The first kappa shape index (κ1) is 19.9. The molecule has 7 heteroatoms. The second-order valence-electron chi connectivity index (χ2n) is 7.92. The third-order valence-corrected chi connectivity index (χ3v) is 5.71. The number of carbonyl (C=O) groups is 2. The Bertz CT molecular complexity index is 991. The number of nitrogens with zero attached hydrogens (tertiary/aromatic N) is 1. The van der Waals surface area contributed by atoms with Crippen LogP contribution in [0.2, 0.25) is 0 Å². The number of amides is 3. The largest absolute Gasteiger partial charge is 0.344 e. The molecule has 0 bridgehead atoms. The van der Waals surface area contributed by atoms with Gasteiger partial charge in [-0.2, -0.15) is 0 Å². The van der Waals surface area contributed by atoms with Gasteiger partial charge in [-0.15, -0.1) is 0 Å². The monoisotopic (exact) mass is 405 g/mol. The number of fused-ring (bicyclic) bond motifs is 1. The van der Waals surface area contributed by atoms with Crippen LogP contribution in [0.25, 0.3) is 11.0 Å². The minimum Gasteiger partial charge on any atom is -0.344 e. The first-order chi connectivity index (χ1) is 14.6. The highest BCUT2D eigenvalue weighted by molar-refractivity contribution is 5.91. The van der Waals surface area contributed by atoms with Crippen molar-refractivity contribution in [3.63, 3.8) is 0 Å². The molecular formula is C23H27N5O2. The summed E-state index contributed by atoms with van der Waals surface area (Å²) in [6, 6.07) is 16.8. The highest BCUT2D eigenvalue weighted by Gasteiger charge is 2.43. The zero-order valence-corrected chi connectivity index (χ0v) is 17.1. The van der Waals surface area contributed by atoms with Gasteiger partial charge in [-0.3, -0.25) is 4.79 Å². The Morgan fingerprint density at radius 2 is 1.77 bits per heavy atom. The average molecular weight is 406 g/mol. The Hall–Kier alpha value is -3.35. The Balaban J connectivity index is 1.40. The van der Waals surface area contributed by atoms with Gasteiger partial charge in [0, 0.05) is 6.54 Å². The van der Waals surface area contributed by atoms with E-state index in [9.17, 15) is 9.59 Å². The Morgan fingerprint density at radius 3 is 2.50 bits per heavy atom. The smallest absolute Gasteiger partial charge is 0.315 e. The van der Waals surface area contributed by atoms with E-state index in [1.165, 1.54) is 0 Å². The van der Waals surface area contributed by atoms with Crippen molar-refractivity contribution in [1.82, 2.24) is 25.9 Å². The van der Waals surface area contributed by atoms with E-state index in [2.05, 4.69) is 25.9 Å². The SMILES string of the molecule is CC(NC(=O)C1(NC(=O)NCc2ccccc2)CCCC1)c1nc2ccccc2[nH]1. The summed E-state index contributed by atoms with van der Waals surface area (Å²) in [6.45, 7) is 2.31. The van der Waals surface area contributed by atoms with E-state index in [1.54, 1.807) is 0 Å². The Kier molecular flexibility index (Phi) is 5.70. The highest BCUT2D eigenvalue weighted by Crippen LogP contribution is 2.30. The fourth-order valence-corrected chi connectivity index (χ4v) is 4.01. The molecule has 30 heavy (non-hydrogen) atoms. The molecule has 0 radical (unpaired) electrons. The van der Waals surface area contributed by atoms with Gasteiger partial charge in [-0.05, 0) is 37.5 Å². The lowest BCUT2D eigenvalue weighted by atomic mass is 9.96. The molecule has 3 aromatic rings. The van der Waals surface area contributed by atoms with E-state index in [0.717, 1.165) is 29.4 Å². The molecule has 1 aromatic heterocycles. The topological polar surface area (TPSA) is 98.9 Å². The standard InChI is InChI=1S/C23H27N5O2/c1-16(20-26-18-11-5-6-12-19(18)27-20)25-21(29)23(13-7-8-14-23)28-22(30)24-15-17-9-3-2-4-10-17/h2-6,9-12,16H,7-8,13-15H2,1H3,(H,25,29)(H,26,27)(H2,24,28,30). The summed E-state index contributed by atoms with van der Waals surface area (Å²) >= 11 is 0. The molecule has 0 aliphatic heterocycles. The lowest BCUT2D eigenvalue weighted by Crippen LogP contribution is -2.59. The van der Waals surface area contributed by atoms with E-state index >= 15 is 0 Å². The third-order valence-electron chi connectivity index (χ3n) is 5.71. The summed E-state index contributed by atoms with van der Waals surface area (Å²) < 4.78 is 0. The van der Waals surface area contributed by atoms with Gasteiger partial charge in [0.1, 0.15) is 11.4 Å². The fraction of sp³-hybridized carbons (Fsp3) is 0.348. The van der Waals surface area contributed by atoms with Gasteiger partial charge in [0.15, 0.2) is 0 Å². The normalized spacial score (nSPS) is 16.2. The van der Waals surface area contributed by atoms with Crippen LogP contribution >= 0.6 is 0 Å². The molecule has 2 aromatic carbocycles. The summed E-state index contributed by atoms with van der Waals surface area (Å²) in [4.78, 5) is 33.5. The number of hydrogen-bond donors (Lipinski definition) is 4. The Morgan fingerprint density at radius 1 is 1.07 bits per heavy atom. The molecule has 4 rings (SSSR count). The molecule has 1 saturated carbocycles. The zero-order valence-electron chi connectivity index (χ0n) is 17.1. The number of rotatable bonds is 6. The molecule has 1 fully saturated rings. The van der Waals surface area contributed by atoms with Gasteiger partial charge in [-0.1, -0.05) is 55.3 Å². The molecule has 4 N–H and O–H groups in total. The molecule has 1 atom stereocenters. The third kappa shape index (κ3) is 4.30. The number of aromatic nitrogens is 2. The van der Waals surface area contributed by atoms with Crippen molar-refractivity contribution in [3.05, 3.63) is 66.0 Å². The van der Waals surface area contributed by atoms with Crippen molar-refractivity contribution in [2.75, 3.05) is 0 Å². The highest BCUT2D eigenvalue weighted by atomic mass is 16.2.